The first-order valence-corrected chi connectivity index (χ1v) is 7.71. The van der Waals surface area contributed by atoms with Crippen molar-refractivity contribution < 1.29 is 8.42 Å². The molecule has 6 heteroatoms. The molecular formula is C11H19N3O2S. The molecule has 0 aromatic heterocycles. The van der Waals surface area contributed by atoms with Crippen LogP contribution in [0.15, 0.2) is 0 Å². The molecule has 0 unspecified atom stereocenters. The molecule has 2 aliphatic rings. The predicted octanol–water partition coefficient (Wildman–Crippen LogP) is 0.400. The maximum absolute atomic E-state index is 12.1. The summed E-state index contributed by atoms with van der Waals surface area (Å²) in [5, 5.41) is 9.44. The lowest BCUT2D eigenvalue weighted by Gasteiger charge is -2.44. The lowest BCUT2D eigenvalue weighted by Crippen LogP contribution is -2.58. The maximum Gasteiger partial charge on any atom is 0.215 e. The molecule has 0 amide bonds. The molecule has 0 aliphatic carbocycles. The van der Waals surface area contributed by atoms with E-state index in [1.165, 1.54) is 4.31 Å². The fourth-order valence-corrected chi connectivity index (χ4v) is 4.63. The largest absolute Gasteiger partial charge is 0.306 e. The van der Waals surface area contributed by atoms with Gasteiger partial charge in [0.2, 0.25) is 10.0 Å². The van der Waals surface area contributed by atoms with Gasteiger partial charge in [-0.25, -0.2) is 8.42 Å². The first-order chi connectivity index (χ1) is 8.00. The summed E-state index contributed by atoms with van der Waals surface area (Å²) in [6.45, 7) is 2.10. The molecule has 0 N–H and O–H groups in total. The summed E-state index contributed by atoms with van der Waals surface area (Å²) in [6.07, 6.45) is 2.84. The van der Waals surface area contributed by atoms with E-state index in [1.54, 1.807) is 0 Å². The number of nitrogens with zero attached hydrogens (tertiary/aromatic N) is 3. The second-order valence-corrected chi connectivity index (χ2v) is 7.05. The second kappa shape index (κ2) is 4.56. The first-order valence-electron chi connectivity index (χ1n) is 6.10. The van der Waals surface area contributed by atoms with Gasteiger partial charge in [0.05, 0.1) is 11.8 Å². The zero-order valence-electron chi connectivity index (χ0n) is 10.2. The molecule has 0 radical (unpaired) electrons. The molecule has 5 nitrogen and oxygen atoms in total. The van der Waals surface area contributed by atoms with Gasteiger partial charge in [-0.3, -0.25) is 0 Å². The Morgan fingerprint density at radius 1 is 1.18 bits per heavy atom. The van der Waals surface area contributed by atoms with Crippen LogP contribution in [0.5, 0.6) is 0 Å². The van der Waals surface area contributed by atoms with Gasteiger partial charge in [-0.15, -0.1) is 0 Å². The van der Waals surface area contributed by atoms with Crippen LogP contribution in [-0.4, -0.2) is 55.6 Å². The molecule has 2 aliphatic heterocycles. The Kier molecular flexibility index (Phi) is 3.43. The molecule has 0 atom stereocenters. The Morgan fingerprint density at radius 3 is 2.35 bits per heavy atom. The van der Waals surface area contributed by atoms with E-state index in [-0.39, 0.29) is 5.75 Å². The number of hydrogen-bond acceptors (Lipinski definition) is 4. The van der Waals surface area contributed by atoms with Gasteiger partial charge >= 0.3 is 0 Å². The highest BCUT2D eigenvalue weighted by Gasteiger charge is 2.46. The van der Waals surface area contributed by atoms with Gasteiger partial charge in [-0.2, -0.15) is 9.57 Å². The monoisotopic (exact) mass is 257 g/mol. The van der Waals surface area contributed by atoms with Gasteiger partial charge in [0, 0.05) is 19.6 Å². The van der Waals surface area contributed by atoms with E-state index in [1.807, 2.05) is 7.05 Å². The fraction of sp³-hybridized carbons (Fsp3) is 0.909. The topological polar surface area (TPSA) is 64.4 Å². The van der Waals surface area contributed by atoms with Crippen molar-refractivity contribution in [2.75, 3.05) is 32.4 Å². The molecule has 96 valence electrons. The van der Waals surface area contributed by atoms with Crippen molar-refractivity contribution in [3.8, 4) is 6.07 Å². The molecule has 0 aromatic rings. The van der Waals surface area contributed by atoms with E-state index < -0.39 is 15.6 Å². The van der Waals surface area contributed by atoms with Crippen molar-refractivity contribution >= 4 is 10.0 Å². The van der Waals surface area contributed by atoms with Gasteiger partial charge in [0.1, 0.15) is 5.54 Å². The van der Waals surface area contributed by atoms with Crippen LogP contribution in [-0.2, 0) is 10.0 Å². The fourth-order valence-electron chi connectivity index (χ4n) is 2.67. The quantitative estimate of drug-likeness (QED) is 0.682. The molecule has 2 fully saturated rings. The summed E-state index contributed by atoms with van der Waals surface area (Å²) in [5.41, 5.74) is -0.786. The normalized spacial score (nSPS) is 29.6. The lowest BCUT2D eigenvalue weighted by atomic mass is 9.89. The predicted molar refractivity (Wildman–Crippen MR) is 64.8 cm³/mol. The first kappa shape index (κ1) is 12.8. The molecule has 2 heterocycles. The van der Waals surface area contributed by atoms with E-state index >= 15 is 0 Å². The van der Waals surface area contributed by atoms with Gasteiger partial charge in [-0.1, -0.05) is 0 Å². The van der Waals surface area contributed by atoms with Crippen molar-refractivity contribution in [2.45, 2.75) is 31.2 Å². The summed E-state index contributed by atoms with van der Waals surface area (Å²) in [6, 6.07) is 2.28. The minimum absolute atomic E-state index is 0.201. The lowest BCUT2D eigenvalue weighted by molar-refractivity contribution is 0.128. The third-order valence-electron chi connectivity index (χ3n) is 3.85. The Balaban J connectivity index is 2.26. The van der Waals surface area contributed by atoms with Crippen LogP contribution in [0.2, 0.25) is 0 Å². The molecule has 2 rings (SSSR count). The van der Waals surface area contributed by atoms with Crippen LogP contribution in [0.1, 0.15) is 25.7 Å². The van der Waals surface area contributed by atoms with Crippen molar-refractivity contribution in [2.24, 2.45) is 0 Å². The molecular weight excluding hydrogens is 238 g/mol. The summed E-state index contributed by atoms with van der Waals surface area (Å²) >= 11 is 0. The zero-order chi connectivity index (χ0) is 12.5. The zero-order valence-corrected chi connectivity index (χ0v) is 11.0. The van der Waals surface area contributed by atoms with Crippen LogP contribution >= 0.6 is 0 Å². The number of hydrogen-bond donors (Lipinski definition) is 0. The Labute approximate surface area is 103 Å². The van der Waals surface area contributed by atoms with Gasteiger partial charge in [-0.05, 0) is 32.7 Å². The van der Waals surface area contributed by atoms with Crippen LogP contribution < -0.4 is 0 Å². The molecule has 17 heavy (non-hydrogen) atoms. The van der Waals surface area contributed by atoms with E-state index in [4.69, 9.17) is 0 Å². The highest BCUT2D eigenvalue weighted by atomic mass is 32.2. The van der Waals surface area contributed by atoms with Crippen molar-refractivity contribution in [3.05, 3.63) is 0 Å². The summed E-state index contributed by atoms with van der Waals surface area (Å²) < 4.78 is 25.7. The molecule has 0 bridgehead atoms. The number of rotatable bonds is 1. The third-order valence-corrected chi connectivity index (χ3v) is 5.86. The van der Waals surface area contributed by atoms with E-state index in [0.29, 0.717) is 19.4 Å². The van der Waals surface area contributed by atoms with Crippen molar-refractivity contribution in [1.82, 2.24) is 9.21 Å². The smallest absolute Gasteiger partial charge is 0.215 e. The maximum atomic E-state index is 12.1. The van der Waals surface area contributed by atoms with Crippen LogP contribution in [0, 0.1) is 11.3 Å². The highest BCUT2D eigenvalue weighted by Crippen LogP contribution is 2.33. The third kappa shape index (κ3) is 2.32. The number of sulfonamides is 1. The number of piperidine rings is 1. The Bertz CT molecular complexity index is 418. The van der Waals surface area contributed by atoms with Crippen LogP contribution in [0.3, 0.4) is 0 Å². The van der Waals surface area contributed by atoms with E-state index in [9.17, 15) is 13.7 Å². The summed E-state index contributed by atoms with van der Waals surface area (Å²) in [4.78, 5) is 2.14. The number of nitriles is 1. The minimum Gasteiger partial charge on any atom is -0.306 e. The van der Waals surface area contributed by atoms with Crippen LogP contribution in [0.25, 0.3) is 0 Å². The molecule has 0 saturated carbocycles. The molecule has 2 saturated heterocycles. The Morgan fingerprint density at radius 2 is 1.82 bits per heavy atom. The Hall–Kier alpha value is -0.640. The molecule has 0 spiro atoms. The van der Waals surface area contributed by atoms with E-state index in [0.717, 1.165) is 25.9 Å². The minimum atomic E-state index is -3.22. The van der Waals surface area contributed by atoms with Gasteiger partial charge in [0.25, 0.3) is 0 Å². The van der Waals surface area contributed by atoms with Crippen molar-refractivity contribution in [1.29, 1.82) is 5.26 Å². The van der Waals surface area contributed by atoms with Gasteiger partial charge < -0.3 is 4.90 Å². The average molecular weight is 257 g/mol. The SMILES string of the molecule is CN1CCC(C#N)(N2CCCCS2(=O)=O)CC1. The summed E-state index contributed by atoms with van der Waals surface area (Å²) in [7, 11) is -1.21. The summed E-state index contributed by atoms with van der Waals surface area (Å²) in [5.74, 6) is 0.201. The van der Waals surface area contributed by atoms with Gasteiger partial charge in [0.15, 0.2) is 0 Å². The average Bonchev–Trinajstić information content (AvgIpc) is 2.31. The molecule has 0 aromatic carbocycles. The van der Waals surface area contributed by atoms with E-state index in [2.05, 4.69) is 11.0 Å². The van der Waals surface area contributed by atoms with Crippen molar-refractivity contribution in [3.63, 3.8) is 0 Å². The number of likely N-dealkylation sites (tertiary alicyclic amines) is 1. The van der Waals surface area contributed by atoms with Crippen LogP contribution in [0.4, 0.5) is 0 Å². The highest BCUT2D eigenvalue weighted by molar-refractivity contribution is 7.89. The standard InChI is InChI=1S/C11H19N3O2S/c1-13-7-4-11(10-12,5-8-13)14-6-2-3-9-17(14,15)16/h2-9H2,1H3. The second-order valence-electron chi connectivity index (χ2n) is 5.04.